The van der Waals surface area contributed by atoms with Gasteiger partial charge in [0.2, 0.25) is 0 Å². The van der Waals surface area contributed by atoms with Crippen molar-refractivity contribution in [1.82, 2.24) is 4.90 Å². The summed E-state index contributed by atoms with van der Waals surface area (Å²) in [6.45, 7) is 4.85. The SMILES string of the molecule is CC#CCN1CCCCC1CCN. The van der Waals surface area contributed by atoms with Crippen molar-refractivity contribution in [3.05, 3.63) is 0 Å². The normalized spacial score (nSPS) is 23.7. The van der Waals surface area contributed by atoms with Crippen LogP contribution >= 0.6 is 0 Å². The van der Waals surface area contributed by atoms with E-state index >= 15 is 0 Å². The Labute approximate surface area is 81.5 Å². The second kappa shape index (κ2) is 6.01. The van der Waals surface area contributed by atoms with Gasteiger partial charge in [0.1, 0.15) is 0 Å². The summed E-state index contributed by atoms with van der Waals surface area (Å²) in [5, 5.41) is 0. The molecule has 0 aromatic carbocycles. The number of hydrogen-bond acceptors (Lipinski definition) is 2. The third kappa shape index (κ3) is 3.38. The van der Waals surface area contributed by atoms with Gasteiger partial charge < -0.3 is 5.73 Å². The number of hydrogen-bond donors (Lipinski definition) is 1. The first-order chi connectivity index (χ1) is 6.38. The van der Waals surface area contributed by atoms with Crippen LogP contribution in [0.2, 0.25) is 0 Å². The predicted molar refractivity (Wildman–Crippen MR) is 56.3 cm³/mol. The van der Waals surface area contributed by atoms with Gasteiger partial charge in [-0.15, -0.1) is 5.92 Å². The van der Waals surface area contributed by atoms with Crippen LogP contribution in [-0.4, -0.2) is 30.6 Å². The third-order valence-corrected chi connectivity index (χ3v) is 2.71. The maximum Gasteiger partial charge on any atom is 0.0603 e. The molecule has 1 saturated heterocycles. The highest BCUT2D eigenvalue weighted by Gasteiger charge is 2.20. The van der Waals surface area contributed by atoms with E-state index < -0.39 is 0 Å². The molecule has 0 aliphatic carbocycles. The standard InChI is InChI=1S/C11H20N2/c1-2-3-9-13-10-5-4-6-11(13)7-8-12/h11H,4-10,12H2,1H3. The summed E-state index contributed by atoms with van der Waals surface area (Å²) in [6.07, 6.45) is 5.13. The maximum absolute atomic E-state index is 5.59. The number of piperidine rings is 1. The van der Waals surface area contributed by atoms with Crippen LogP contribution in [0.3, 0.4) is 0 Å². The van der Waals surface area contributed by atoms with E-state index in [-0.39, 0.29) is 0 Å². The molecule has 1 fully saturated rings. The van der Waals surface area contributed by atoms with Gasteiger partial charge in [-0.1, -0.05) is 12.3 Å². The molecular weight excluding hydrogens is 160 g/mol. The molecule has 0 saturated carbocycles. The summed E-state index contributed by atoms with van der Waals surface area (Å²) in [6, 6.07) is 0.694. The topological polar surface area (TPSA) is 29.3 Å². The molecule has 0 bridgehead atoms. The Morgan fingerprint density at radius 1 is 1.46 bits per heavy atom. The zero-order chi connectivity index (χ0) is 9.52. The van der Waals surface area contributed by atoms with Gasteiger partial charge >= 0.3 is 0 Å². The van der Waals surface area contributed by atoms with Crippen molar-refractivity contribution in [3.8, 4) is 11.8 Å². The molecule has 2 heteroatoms. The molecule has 1 aliphatic rings. The summed E-state index contributed by atoms with van der Waals surface area (Å²) in [5.74, 6) is 6.10. The Hall–Kier alpha value is -0.520. The van der Waals surface area contributed by atoms with E-state index in [0.29, 0.717) is 6.04 Å². The highest BCUT2D eigenvalue weighted by atomic mass is 15.2. The first-order valence-corrected chi connectivity index (χ1v) is 5.22. The van der Waals surface area contributed by atoms with E-state index in [9.17, 15) is 0 Å². The quantitative estimate of drug-likeness (QED) is 0.662. The van der Waals surface area contributed by atoms with E-state index in [1.807, 2.05) is 6.92 Å². The van der Waals surface area contributed by atoms with Crippen molar-refractivity contribution >= 4 is 0 Å². The van der Waals surface area contributed by atoms with E-state index in [2.05, 4.69) is 16.7 Å². The minimum absolute atomic E-state index is 0.694. The molecule has 1 atom stereocenters. The minimum Gasteiger partial charge on any atom is -0.330 e. The van der Waals surface area contributed by atoms with Crippen molar-refractivity contribution in [3.63, 3.8) is 0 Å². The van der Waals surface area contributed by atoms with Gasteiger partial charge in [-0.2, -0.15) is 0 Å². The van der Waals surface area contributed by atoms with Crippen LogP contribution in [0.4, 0.5) is 0 Å². The van der Waals surface area contributed by atoms with Crippen molar-refractivity contribution in [1.29, 1.82) is 0 Å². The van der Waals surface area contributed by atoms with Crippen LogP contribution in [0.25, 0.3) is 0 Å². The molecule has 13 heavy (non-hydrogen) atoms. The fourth-order valence-corrected chi connectivity index (χ4v) is 1.97. The highest BCUT2D eigenvalue weighted by molar-refractivity contribution is 4.99. The fraction of sp³-hybridized carbons (Fsp3) is 0.818. The zero-order valence-corrected chi connectivity index (χ0v) is 8.55. The molecule has 1 rings (SSSR count). The fourth-order valence-electron chi connectivity index (χ4n) is 1.97. The van der Waals surface area contributed by atoms with Crippen LogP contribution in [0.5, 0.6) is 0 Å². The van der Waals surface area contributed by atoms with Crippen LogP contribution in [0.15, 0.2) is 0 Å². The van der Waals surface area contributed by atoms with Crippen molar-refractivity contribution in [2.24, 2.45) is 5.73 Å². The van der Waals surface area contributed by atoms with Gasteiger partial charge in [0.05, 0.1) is 6.54 Å². The lowest BCUT2D eigenvalue weighted by atomic mass is 9.99. The van der Waals surface area contributed by atoms with Gasteiger partial charge in [0, 0.05) is 6.04 Å². The smallest absolute Gasteiger partial charge is 0.0603 e. The number of nitrogens with zero attached hydrogens (tertiary/aromatic N) is 1. The Balaban J connectivity index is 2.39. The largest absolute Gasteiger partial charge is 0.330 e. The molecule has 2 nitrogen and oxygen atoms in total. The van der Waals surface area contributed by atoms with Gasteiger partial charge in [0.15, 0.2) is 0 Å². The van der Waals surface area contributed by atoms with E-state index in [4.69, 9.17) is 5.73 Å². The Morgan fingerprint density at radius 2 is 2.31 bits per heavy atom. The van der Waals surface area contributed by atoms with Gasteiger partial charge in [-0.25, -0.2) is 0 Å². The Kier molecular flexibility index (Phi) is 4.88. The predicted octanol–water partition coefficient (Wildman–Crippen LogP) is 1.21. The molecule has 0 spiro atoms. The van der Waals surface area contributed by atoms with Crippen LogP contribution in [-0.2, 0) is 0 Å². The lowest BCUT2D eigenvalue weighted by molar-refractivity contribution is 0.161. The summed E-state index contributed by atoms with van der Waals surface area (Å²) in [4.78, 5) is 2.48. The maximum atomic E-state index is 5.59. The number of nitrogens with two attached hydrogens (primary N) is 1. The molecule has 0 aromatic rings. The first kappa shape index (κ1) is 10.6. The number of likely N-dealkylation sites (tertiary alicyclic amines) is 1. The van der Waals surface area contributed by atoms with Gasteiger partial charge in [-0.3, -0.25) is 4.90 Å². The molecule has 74 valence electrons. The Morgan fingerprint density at radius 3 is 3.00 bits per heavy atom. The summed E-state index contributed by atoms with van der Waals surface area (Å²) >= 11 is 0. The molecule has 2 N–H and O–H groups in total. The van der Waals surface area contributed by atoms with E-state index in [1.165, 1.54) is 25.8 Å². The average molecular weight is 180 g/mol. The van der Waals surface area contributed by atoms with Crippen molar-refractivity contribution in [2.75, 3.05) is 19.6 Å². The molecule has 1 aliphatic heterocycles. The summed E-state index contributed by atoms with van der Waals surface area (Å²) in [5.41, 5.74) is 5.59. The first-order valence-electron chi connectivity index (χ1n) is 5.22. The number of rotatable bonds is 3. The summed E-state index contributed by atoms with van der Waals surface area (Å²) < 4.78 is 0. The van der Waals surface area contributed by atoms with E-state index in [1.54, 1.807) is 0 Å². The van der Waals surface area contributed by atoms with Gasteiger partial charge in [0.25, 0.3) is 0 Å². The Bertz CT molecular complexity index is 188. The second-order valence-electron chi connectivity index (χ2n) is 3.62. The van der Waals surface area contributed by atoms with Crippen LogP contribution < -0.4 is 5.73 Å². The molecule has 0 radical (unpaired) electrons. The molecular formula is C11H20N2. The highest BCUT2D eigenvalue weighted by Crippen LogP contribution is 2.18. The molecule has 0 aromatic heterocycles. The lowest BCUT2D eigenvalue weighted by Crippen LogP contribution is -2.40. The zero-order valence-electron chi connectivity index (χ0n) is 8.55. The minimum atomic E-state index is 0.694. The average Bonchev–Trinajstić information content (AvgIpc) is 2.17. The summed E-state index contributed by atoms with van der Waals surface area (Å²) in [7, 11) is 0. The third-order valence-electron chi connectivity index (χ3n) is 2.71. The van der Waals surface area contributed by atoms with Crippen LogP contribution in [0.1, 0.15) is 32.6 Å². The lowest BCUT2D eigenvalue weighted by Gasteiger charge is -2.34. The molecule has 1 unspecified atom stereocenters. The molecule has 1 heterocycles. The molecule has 0 amide bonds. The second-order valence-corrected chi connectivity index (χ2v) is 3.62. The van der Waals surface area contributed by atoms with E-state index in [0.717, 1.165) is 19.5 Å². The van der Waals surface area contributed by atoms with Crippen molar-refractivity contribution < 1.29 is 0 Å². The van der Waals surface area contributed by atoms with Crippen LogP contribution in [0, 0.1) is 11.8 Å². The van der Waals surface area contributed by atoms with Gasteiger partial charge in [-0.05, 0) is 39.3 Å². The van der Waals surface area contributed by atoms with Crippen molar-refractivity contribution in [2.45, 2.75) is 38.6 Å². The monoisotopic (exact) mass is 180 g/mol.